The second kappa shape index (κ2) is 14.7. The Balaban J connectivity index is 0.00000450. The lowest BCUT2D eigenvalue weighted by Gasteiger charge is -2.13. The van der Waals surface area contributed by atoms with Crippen LogP contribution in [-0.2, 0) is 17.8 Å². The van der Waals surface area contributed by atoms with Crippen LogP contribution in [0.1, 0.15) is 24.5 Å². The predicted molar refractivity (Wildman–Crippen MR) is 130 cm³/mol. The van der Waals surface area contributed by atoms with Crippen molar-refractivity contribution in [2.45, 2.75) is 26.4 Å². The van der Waals surface area contributed by atoms with E-state index in [2.05, 4.69) is 15.6 Å². The summed E-state index contributed by atoms with van der Waals surface area (Å²) in [5, 5.41) is 16.6. The molecule has 2 rings (SSSR count). The number of methoxy groups -OCH3 is 2. The number of halogens is 1. The third-order valence-corrected chi connectivity index (χ3v) is 4.24. The molecule has 2 aromatic carbocycles. The number of aromatic hydroxyl groups is 1. The van der Waals surface area contributed by atoms with Gasteiger partial charge >= 0.3 is 0 Å². The fraction of sp³-hybridized carbons (Fsp3) is 0.409. The van der Waals surface area contributed by atoms with Gasteiger partial charge in [-0.05, 0) is 48.7 Å². The van der Waals surface area contributed by atoms with Gasteiger partial charge in [0.05, 0.1) is 20.8 Å². The van der Waals surface area contributed by atoms with E-state index in [1.54, 1.807) is 19.2 Å². The van der Waals surface area contributed by atoms with Crippen LogP contribution in [0, 0.1) is 0 Å². The monoisotopic (exact) mass is 529 g/mol. The van der Waals surface area contributed by atoms with Crippen molar-refractivity contribution in [1.82, 2.24) is 10.6 Å². The lowest BCUT2D eigenvalue weighted by molar-refractivity contribution is 0.145. The molecular weight excluding hydrogens is 497 g/mol. The number of benzene rings is 2. The van der Waals surface area contributed by atoms with Gasteiger partial charge in [0.15, 0.2) is 17.5 Å². The topological polar surface area (TPSA) is 84.3 Å². The van der Waals surface area contributed by atoms with Crippen molar-refractivity contribution >= 4 is 29.9 Å². The molecule has 0 unspecified atom stereocenters. The number of rotatable bonds is 11. The average molecular weight is 529 g/mol. The minimum Gasteiger partial charge on any atom is -0.504 e. The molecule has 0 saturated carbocycles. The Morgan fingerprint density at radius 3 is 2.37 bits per heavy atom. The van der Waals surface area contributed by atoms with Crippen molar-refractivity contribution in [3.63, 3.8) is 0 Å². The molecule has 0 spiro atoms. The molecule has 2 aromatic rings. The quantitative estimate of drug-likeness (QED) is 0.178. The molecule has 8 heteroatoms. The molecule has 0 atom stereocenters. The van der Waals surface area contributed by atoms with Gasteiger partial charge in [0.1, 0.15) is 5.75 Å². The number of aliphatic imine (C=N–C) groups is 1. The predicted octanol–water partition coefficient (Wildman–Crippen LogP) is 3.69. The first kappa shape index (κ1) is 25.8. The zero-order valence-electron chi connectivity index (χ0n) is 17.8. The summed E-state index contributed by atoms with van der Waals surface area (Å²) in [7, 11) is 3.18. The SMILES string of the molecule is CCOCCCNC(=NCc1ccc(OC)c(O)c1)NCc1ccc(OC)cc1.I. The second-order valence-electron chi connectivity index (χ2n) is 6.35. The van der Waals surface area contributed by atoms with Crippen LogP contribution in [0.25, 0.3) is 0 Å². The van der Waals surface area contributed by atoms with Gasteiger partial charge in [-0.25, -0.2) is 4.99 Å². The minimum atomic E-state index is 0. The molecular formula is C22H32IN3O4. The van der Waals surface area contributed by atoms with Gasteiger partial charge in [0, 0.05) is 26.3 Å². The molecule has 166 valence electrons. The van der Waals surface area contributed by atoms with E-state index in [9.17, 15) is 5.11 Å². The maximum atomic E-state index is 9.95. The van der Waals surface area contributed by atoms with E-state index in [-0.39, 0.29) is 29.7 Å². The molecule has 0 aliphatic rings. The number of phenolic OH excluding ortho intramolecular Hbond substituents is 1. The summed E-state index contributed by atoms with van der Waals surface area (Å²) in [6.45, 7) is 5.23. The fourth-order valence-electron chi connectivity index (χ4n) is 2.63. The van der Waals surface area contributed by atoms with Gasteiger partial charge in [-0.15, -0.1) is 24.0 Å². The van der Waals surface area contributed by atoms with Crippen LogP contribution in [0.3, 0.4) is 0 Å². The highest BCUT2D eigenvalue weighted by Crippen LogP contribution is 2.26. The van der Waals surface area contributed by atoms with Crippen molar-refractivity contribution < 1.29 is 19.3 Å². The van der Waals surface area contributed by atoms with Crippen LogP contribution in [-0.4, -0.2) is 45.0 Å². The van der Waals surface area contributed by atoms with Gasteiger partial charge in [-0.2, -0.15) is 0 Å². The summed E-state index contributed by atoms with van der Waals surface area (Å²) >= 11 is 0. The summed E-state index contributed by atoms with van der Waals surface area (Å²) in [6, 6.07) is 13.2. The smallest absolute Gasteiger partial charge is 0.191 e. The van der Waals surface area contributed by atoms with Crippen LogP contribution in [0.15, 0.2) is 47.5 Å². The molecule has 0 radical (unpaired) electrons. The Hall–Kier alpha value is -2.20. The van der Waals surface area contributed by atoms with Crippen molar-refractivity contribution in [3.8, 4) is 17.2 Å². The summed E-state index contributed by atoms with van der Waals surface area (Å²) in [6.07, 6.45) is 0.889. The van der Waals surface area contributed by atoms with E-state index in [0.717, 1.165) is 36.4 Å². The molecule has 0 saturated heterocycles. The molecule has 0 fully saturated rings. The molecule has 0 aliphatic heterocycles. The van der Waals surface area contributed by atoms with Crippen molar-refractivity contribution in [3.05, 3.63) is 53.6 Å². The van der Waals surface area contributed by atoms with E-state index in [1.807, 2.05) is 37.3 Å². The maximum Gasteiger partial charge on any atom is 0.191 e. The van der Waals surface area contributed by atoms with Gasteiger partial charge in [0.25, 0.3) is 0 Å². The minimum absolute atomic E-state index is 0. The first-order chi connectivity index (χ1) is 14.2. The third-order valence-electron chi connectivity index (χ3n) is 4.24. The summed E-state index contributed by atoms with van der Waals surface area (Å²) in [5.74, 6) is 2.09. The van der Waals surface area contributed by atoms with Gasteiger partial charge in [-0.3, -0.25) is 0 Å². The van der Waals surface area contributed by atoms with E-state index in [0.29, 0.717) is 31.4 Å². The number of guanidine groups is 1. The lowest BCUT2D eigenvalue weighted by Crippen LogP contribution is -2.37. The highest BCUT2D eigenvalue weighted by molar-refractivity contribution is 14.0. The highest BCUT2D eigenvalue weighted by Gasteiger charge is 2.04. The highest BCUT2D eigenvalue weighted by atomic mass is 127. The number of ether oxygens (including phenoxy) is 3. The number of hydrogen-bond donors (Lipinski definition) is 3. The van der Waals surface area contributed by atoms with Crippen LogP contribution in [0.2, 0.25) is 0 Å². The zero-order valence-corrected chi connectivity index (χ0v) is 20.1. The van der Waals surface area contributed by atoms with Crippen LogP contribution in [0.5, 0.6) is 17.2 Å². The van der Waals surface area contributed by atoms with Crippen LogP contribution < -0.4 is 20.1 Å². The molecule has 0 amide bonds. The Kier molecular flexibility index (Phi) is 12.7. The average Bonchev–Trinajstić information content (AvgIpc) is 2.75. The zero-order chi connectivity index (χ0) is 20.9. The number of nitrogens with one attached hydrogen (secondary N) is 2. The normalized spacial score (nSPS) is 10.8. The maximum absolute atomic E-state index is 9.95. The second-order valence-corrected chi connectivity index (χ2v) is 6.35. The van der Waals surface area contributed by atoms with Crippen molar-refractivity contribution in [1.29, 1.82) is 0 Å². The number of nitrogens with zero attached hydrogens (tertiary/aromatic N) is 1. The first-order valence-corrected chi connectivity index (χ1v) is 9.75. The Morgan fingerprint density at radius 1 is 1.00 bits per heavy atom. The van der Waals surface area contributed by atoms with Crippen LogP contribution >= 0.6 is 24.0 Å². The fourth-order valence-corrected chi connectivity index (χ4v) is 2.63. The van der Waals surface area contributed by atoms with Gasteiger partial charge in [0.2, 0.25) is 0 Å². The molecule has 3 N–H and O–H groups in total. The molecule has 0 bridgehead atoms. The van der Waals surface area contributed by atoms with Gasteiger partial charge in [-0.1, -0.05) is 18.2 Å². The standard InChI is InChI=1S/C22H31N3O4.HI/c1-4-29-13-5-12-23-22(24-15-17-6-9-19(27-2)10-7-17)25-16-18-8-11-21(28-3)20(26)14-18;/h6-11,14,26H,4-5,12-13,15-16H2,1-3H3,(H2,23,24,25);1H. The Bertz CT molecular complexity index is 769. The summed E-state index contributed by atoms with van der Waals surface area (Å²) in [5.41, 5.74) is 2.01. The molecule has 0 aliphatic carbocycles. The Labute approximate surface area is 195 Å². The summed E-state index contributed by atoms with van der Waals surface area (Å²) in [4.78, 5) is 4.63. The van der Waals surface area contributed by atoms with Crippen LogP contribution in [0.4, 0.5) is 0 Å². The van der Waals surface area contributed by atoms with E-state index in [4.69, 9.17) is 14.2 Å². The molecule has 7 nitrogen and oxygen atoms in total. The number of hydrogen-bond acceptors (Lipinski definition) is 5. The lowest BCUT2D eigenvalue weighted by atomic mass is 10.2. The molecule has 30 heavy (non-hydrogen) atoms. The van der Waals surface area contributed by atoms with Crippen molar-refractivity contribution in [2.24, 2.45) is 4.99 Å². The van der Waals surface area contributed by atoms with Crippen molar-refractivity contribution in [2.75, 3.05) is 34.0 Å². The third kappa shape index (κ3) is 9.08. The van der Waals surface area contributed by atoms with E-state index < -0.39 is 0 Å². The first-order valence-electron chi connectivity index (χ1n) is 9.75. The van der Waals surface area contributed by atoms with E-state index in [1.165, 1.54) is 7.11 Å². The summed E-state index contributed by atoms with van der Waals surface area (Å²) < 4.78 is 15.7. The molecule has 0 heterocycles. The molecule has 0 aromatic heterocycles. The van der Waals surface area contributed by atoms with Gasteiger partial charge < -0.3 is 30.0 Å². The largest absolute Gasteiger partial charge is 0.504 e. The Morgan fingerprint density at radius 2 is 1.73 bits per heavy atom. The van der Waals surface area contributed by atoms with E-state index >= 15 is 0 Å². The number of phenols is 1.